The highest BCUT2D eigenvalue weighted by Gasteiger charge is 2.22. The first-order valence-electron chi connectivity index (χ1n) is 8.22. The van der Waals surface area contributed by atoms with E-state index in [4.69, 9.17) is 21.1 Å². The molecular formula is C20H15ClF2O5. The van der Waals surface area contributed by atoms with Gasteiger partial charge in [0.25, 0.3) is 0 Å². The molecule has 0 radical (unpaired) electrons. The number of ether oxygens (including phenoxy) is 3. The maximum Gasteiger partial charge on any atom is 0.387 e. The monoisotopic (exact) mass is 408 g/mol. The predicted octanol–water partition coefficient (Wildman–Crippen LogP) is 4.45. The molecule has 0 bridgehead atoms. The molecule has 5 nitrogen and oxygen atoms in total. The third-order valence-corrected chi connectivity index (χ3v) is 4.17. The number of hydrogen-bond donors (Lipinski definition) is 0. The number of aryl methyl sites for hydroxylation is 1. The van der Waals surface area contributed by atoms with Crippen molar-refractivity contribution in [2.45, 2.75) is 13.5 Å². The van der Waals surface area contributed by atoms with Gasteiger partial charge in [-0.15, -0.1) is 0 Å². The normalized spacial score (nSPS) is 12.7. The topological polar surface area (TPSA) is 61.8 Å². The SMILES string of the molecule is Cc1ccc(OC(F)F)c(C(=O)COC(=O)C2=Cc3cc(Cl)ccc3OC2)c1. The van der Waals surface area contributed by atoms with E-state index in [2.05, 4.69) is 4.74 Å². The summed E-state index contributed by atoms with van der Waals surface area (Å²) >= 11 is 5.93. The van der Waals surface area contributed by atoms with E-state index in [0.717, 1.165) is 0 Å². The van der Waals surface area contributed by atoms with E-state index in [1.54, 1.807) is 31.2 Å². The van der Waals surface area contributed by atoms with Gasteiger partial charge in [-0.25, -0.2) is 4.79 Å². The van der Waals surface area contributed by atoms with E-state index < -0.39 is 25.0 Å². The number of alkyl halides is 2. The summed E-state index contributed by atoms with van der Waals surface area (Å²) in [6, 6.07) is 9.19. The fourth-order valence-corrected chi connectivity index (χ4v) is 2.81. The largest absolute Gasteiger partial charge is 0.488 e. The van der Waals surface area contributed by atoms with Crippen LogP contribution in [0, 0.1) is 6.92 Å². The van der Waals surface area contributed by atoms with Gasteiger partial charge in [-0.1, -0.05) is 23.2 Å². The molecule has 3 rings (SSSR count). The molecular weight excluding hydrogens is 394 g/mol. The molecule has 28 heavy (non-hydrogen) atoms. The molecule has 1 aliphatic rings. The fraction of sp³-hybridized carbons (Fsp3) is 0.200. The van der Waals surface area contributed by atoms with Gasteiger partial charge in [0.05, 0.1) is 11.1 Å². The van der Waals surface area contributed by atoms with E-state index in [-0.39, 0.29) is 23.5 Å². The van der Waals surface area contributed by atoms with Crippen molar-refractivity contribution >= 4 is 29.4 Å². The molecule has 1 aliphatic heterocycles. The first-order chi connectivity index (χ1) is 13.3. The number of Topliss-reactive ketones (excluding diaryl/α,β-unsaturated/α-hetero) is 1. The van der Waals surface area contributed by atoms with Gasteiger partial charge in [-0.05, 0) is 43.3 Å². The van der Waals surface area contributed by atoms with Crippen LogP contribution >= 0.6 is 11.6 Å². The molecule has 146 valence electrons. The maximum atomic E-state index is 12.5. The van der Waals surface area contributed by atoms with Gasteiger partial charge in [-0.3, -0.25) is 4.79 Å². The van der Waals surface area contributed by atoms with Gasteiger partial charge in [-0.2, -0.15) is 8.78 Å². The van der Waals surface area contributed by atoms with Crippen LogP contribution in [0.2, 0.25) is 5.02 Å². The summed E-state index contributed by atoms with van der Waals surface area (Å²) in [6.45, 7) is -2.02. The average molecular weight is 409 g/mol. The minimum atomic E-state index is -3.08. The Bertz CT molecular complexity index is 956. The summed E-state index contributed by atoms with van der Waals surface area (Å²) < 4.78 is 39.9. The molecule has 0 unspecified atom stereocenters. The third-order valence-electron chi connectivity index (χ3n) is 3.93. The molecule has 8 heteroatoms. The number of benzene rings is 2. The lowest BCUT2D eigenvalue weighted by molar-refractivity contribution is -0.138. The molecule has 0 fully saturated rings. The number of halogens is 3. The van der Waals surface area contributed by atoms with Crippen LogP contribution in [0.1, 0.15) is 21.5 Å². The highest BCUT2D eigenvalue weighted by atomic mass is 35.5. The smallest absolute Gasteiger partial charge is 0.387 e. The molecule has 0 N–H and O–H groups in total. The number of carbonyl (C=O) groups excluding carboxylic acids is 2. The second-order valence-corrected chi connectivity index (χ2v) is 6.45. The molecule has 0 atom stereocenters. The van der Waals surface area contributed by atoms with Gasteiger partial charge in [0, 0.05) is 10.6 Å². The fourth-order valence-electron chi connectivity index (χ4n) is 2.63. The molecule has 0 aliphatic carbocycles. The molecule has 0 aromatic heterocycles. The number of carbonyl (C=O) groups is 2. The zero-order valence-corrected chi connectivity index (χ0v) is 15.5. The summed E-state index contributed by atoms with van der Waals surface area (Å²) in [6.07, 6.45) is 1.57. The van der Waals surface area contributed by atoms with Gasteiger partial charge >= 0.3 is 12.6 Å². The Morgan fingerprint density at radius 3 is 2.75 bits per heavy atom. The van der Waals surface area contributed by atoms with Crippen LogP contribution in [-0.2, 0) is 9.53 Å². The third kappa shape index (κ3) is 4.67. The second kappa shape index (κ2) is 8.39. The molecule has 0 saturated carbocycles. The average Bonchev–Trinajstić information content (AvgIpc) is 2.66. The van der Waals surface area contributed by atoms with E-state index in [1.165, 1.54) is 18.2 Å². The maximum absolute atomic E-state index is 12.5. The molecule has 2 aromatic rings. The lowest BCUT2D eigenvalue weighted by Crippen LogP contribution is -2.21. The first-order valence-corrected chi connectivity index (χ1v) is 8.60. The Kier molecular flexibility index (Phi) is 5.94. The Labute approximate surface area is 164 Å². The lowest BCUT2D eigenvalue weighted by atomic mass is 10.1. The Balaban J connectivity index is 1.70. The van der Waals surface area contributed by atoms with Crippen molar-refractivity contribution in [3.8, 4) is 11.5 Å². The second-order valence-electron chi connectivity index (χ2n) is 6.02. The number of esters is 1. The molecule has 2 aromatic carbocycles. The Morgan fingerprint density at radius 1 is 1.21 bits per heavy atom. The molecule has 1 heterocycles. The summed E-state index contributed by atoms with van der Waals surface area (Å²) in [4.78, 5) is 24.6. The Hall–Kier alpha value is -2.93. The number of ketones is 1. The van der Waals surface area contributed by atoms with Crippen LogP contribution in [0.15, 0.2) is 42.0 Å². The summed E-state index contributed by atoms with van der Waals surface area (Å²) in [5, 5.41) is 0.481. The van der Waals surface area contributed by atoms with Crippen molar-refractivity contribution in [2.24, 2.45) is 0 Å². The summed E-state index contributed by atoms with van der Waals surface area (Å²) in [5.74, 6) is -1.10. The summed E-state index contributed by atoms with van der Waals surface area (Å²) in [5.41, 5.74) is 1.41. The van der Waals surface area contributed by atoms with E-state index in [0.29, 0.717) is 21.9 Å². The first kappa shape index (κ1) is 19.8. The van der Waals surface area contributed by atoms with Crippen molar-refractivity contribution < 1.29 is 32.6 Å². The standard InChI is InChI=1S/C20H15ClF2O5/c1-11-2-4-18(28-20(22)23)15(6-11)16(24)10-27-19(25)13-7-12-8-14(21)3-5-17(12)26-9-13/h2-8,20H,9-10H2,1H3. The Morgan fingerprint density at radius 2 is 2.00 bits per heavy atom. The van der Waals surface area contributed by atoms with Crippen molar-refractivity contribution in [3.05, 3.63) is 63.7 Å². The number of hydrogen-bond acceptors (Lipinski definition) is 5. The van der Waals surface area contributed by atoms with Crippen molar-refractivity contribution in [1.82, 2.24) is 0 Å². The zero-order valence-electron chi connectivity index (χ0n) is 14.7. The van der Waals surface area contributed by atoms with E-state index in [1.807, 2.05) is 0 Å². The van der Waals surface area contributed by atoms with Crippen LogP contribution in [0.5, 0.6) is 11.5 Å². The number of fused-ring (bicyclic) bond motifs is 1. The minimum absolute atomic E-state index is 0.0220. The zero-order chi connectivity index (χ0) is 20.3. The van der Waals surface area contributed by atoms with Crippen LogP contribution in [0.25, 0.3) is 6.08 Å². The van der Waals surface area contributed by atoms with Crippen LogP contribution in [0.4, 0.5) is 8.78 Å². The van der Waals surface area contributed by atoms with E-state index in [9.17, 15) is 18.4 Å². The van der Waals surface area contributed by atoms with Crippen molar-refractivity contribution in [3.63, 3.8) is 0 Å². The molecule has 0 saturated heterocycles. The van der Waals surface area contributed by atoms with E-state index >= 15 is 0 Å². The van der Waals surface area contributed by atoms with Crippen molar-refractivity contribution in [2.75, 3.05) is 13.2 Å². The molecule has 0 spiro atoms. The lowest BCUT2D eigenvalue weighted by Gasteiger charge is -2.17. The van der Waals surface area contributed by atoms with Gasteiger partial charge in [0.1, 0.15) is 18.1 Å². The van der Waals surface area contributed by atoms with Gasteiger partial charge in [0.15, 0.2) is 6.61 Å². The number of rotatable bonds is 6. The van der Waals surface area contributed by atoms with Crippen LogP contribution in [0.3, 0.4) is 0 Å². The van der Waals surface area contributed by atoms with Gasteiger partial charge in [0.2, 0.25) is 5.78 Å². The quantitative estimate of drug-likeness (QED) is 0.522. The van der Waals surface area contributed by atoms with Gasteiger partial charge < -0.3 is 14.2 Å². The predicted molar refractivity (Wildman–Crippen MR) is 98.0 cm³/mol. The minimum Gasteiger partial charge on any atom is -0.488 e. The van der Waals surface area contributed by atoms with Crippen molar-refractivity contribution in [1.29, 1.82) is 0 Å². The molecule has 0 amide bonds. The highest BCUT2D eigenvalue weighted by molar-refractivity contribution is 6.30. The van der Waals surface area contributed by atoms with Crippen LogP contribution < -0.4 is 9.47 Å². The van der Waals surface area contributed by atoms with Crippen LogP contribution in [-0.4, -0.2) is 31.6 Å². The summed E-state index contributed by atoms with van der Waals surface area (Å²) in [7, 11) is 0. The highest BCUT2D eigenvalue weighted by Crippen LogP contribution is 2.29.